The molecule has 3 heterocycles. The first-order chi connectivity index (χ1) is 10.3. The highest BCUT2D eigenvalue weighted by Gasteiger charge is 2.19. The summed E-state index contributed by atoms with van der Waals surface area (Å²) in [6.07, 6.45) is 8.15. The van der Waals surface area contributed by atoms with Crippen LogP contribution in [0.3, 0.4) is 0 Å². The number of hydrogen-bond donors (Lipinski definition) is 0. The second-order valence-electron chi connectivity index (χ2n) is 5.87. The van der Waals surface area contributed by atoms with Gasteiger partial charge in [-0.2, -0.15) is 0 Å². The van der Waals surface area contributed by atoms with Crippen LogP contribution in [0, 0.1) is 0 Å². The van der Waals surface area contributed by atoms with Gasteiger partial charge in [-0.3, -0.25) is 4.57 Å². The Balaban J connectivity index is 0.000000960. The predicted molar refractivity (Wildman–Crippen MR) is 97.1 cm³/mol. The van der Waals surface area contributed by atoms with Crippen LogP contribution in [-0.2, 0) is 0 Å². The molecule has 1 aliphatic heterocycles. The highest BCUT2D eigenvalue weighted by molar-refractivity contribution is 5.85. The molecule has 5 nitrogen and oxygen atoms in total. The van der Waals surface area contributed by atoms with Gasteiger partial charge in [0.25, 0.3) is 0 Å². The summed E-state index contributed by atoms with van der Waals surface area (Å²) in [5.74, 6) is 0. The lowest BCUT2D eigenvalue weighted by Crippen LogP contribution is -2.31. The molecule has 1 aliphatic rings. The van der Waals surface area contributed by atoms with Gasteiger partial charge in [0.1, 0.15) is 12.7 Å². The first kappa shape index (κ1) is 17.8. The molecule has 124 valence electrons. The number of likely N-dealkylation sites (tertiary alicyclic amines) is 1. The fourth-order valence-electron chi connectivity index (χ4n) is 3.24. The van der Waals surface area contributed by atoms with Crippen molar-refractivity contribution in [3.8, 4) is 5.69 Å². The molecule has 1 aromatic carbocycles. The van der Waals surface area contributed by atoms with Crippen LogP contribution in [0.15, 0.2) is 43.1 Å². The third kappa shape index (κ3) is 3.37. The van der Waals surface area contributed by atoms with Gasteiger partial charge in [-0.25, -0.2) is 0 Å². The first-order valence-corrected chi connectivity index (χ1v) is 7.45. The number of piperidine rings is 1. The highest BCUT2D eigenvalue weighted by atomic mass is 35.5. The summed E-state index contributed by atoms with van der Waals surface area (Å²) in [6.45, 7) is 2.37. The number of hydrogen-bond acceptors (Lipinski definition) is 3. The van der Waals surface area contributed by atoms with Crippen LogP contribution < -0.4 is 0 Å². The van der Waals surface area contributed by atoms with Gasteiger partial charge in [0, 0.05) is 28.8 Å². The molecule has 0 N–H and O–H groups in total. The van der Waals surface area contributed by atoms with E-state index in [0.717, 1.165) is 5.69 Å². The average molecular weight is 354 g/mol. The molecule has 0 aliphatic carbocycles. The Kier molecular flexibility index (Phi) is 5.68. The largest absolute Gasteiger partial charge is 0.344 e. The lowest BCUT2D eigenvalue weighted by atomic mass is 10.1. The first-order valence-electron chi connectivity index (χ1n) is 7.45. The van der Waals surface area contributed by atoms with Gasteiger partial charge in [0.05, 0.1) is 0 Å². The minimum atomic E-state index is 0. The number of rotatable bonds is 2. The number of benzene rings is 1. The molecule has 3 aromatic rings. The summed E-state index contributed by atoms with van der Waals surface area (Å²) in [4.78, 5) is 2.41. The molecule has 2 aromatic heterocycles. The molecule has 0 saturated carbocycles. The van der Waals surface area contributed by atoms with Crippen LogP contribution >= 0.6 is 24.8 Å². The molecule has 23 heavy (non-hydrogen) atoms. The quantitative estimate of drug-likeness (QED) is 0.709. The zero-order valence-corrected chi connectivity index (χ0v) is 14.6. The highest BCUT2D eigenvalue weighted by Crippen LogP contribution is 2.28. The Bertz CT molecular complexity index is 745. The lowest BCUT2D eigenvalue weighted by molar-refractivity contribution is 0.224. The van der Waals surface area contributed by atoms with Gasteiger partial charge in [0.2, 0.25) is 0 Å². The number of fused-ring (bicyclic) bond motifs is 1. The van der Waals surface area contributed by atoms with Crippen LogP contribution in [0.5, 0.6) is 0 Å². The van der Waals surface area contributed by atoms with Crippen LogP contribution in [0.1, 0.15) is 18.9 Å². The van der Waals surface area contributed by atoms with Gasteiger partial charge in [-0.1, -0.05) is 0 Å². The van der Waals surface area contributed by atoms with E-state index < -0.39 is 0 Å². The van der Waals surface area contributed by atoms with E-state index in [1.54, 1.807) is 12.7 Å². The van der Waals surface area contributed by atoms with Crippen molar-refractivity contribution in [3.63, 3.8) is 0 Å². The Morgan fingerprint density at radius 3 is 2.39 bits per heavy atom. The van der Waals surface area contributed by atoms with Crippen LogP contribution in [0.4, 0.5) is 0 Å². The Morgan fingerprint density at radius 1 is 1.00 bits per heavy atom. The maximum absolute atomic E-state index is 3.87. The molecular weight excluding hydrogens is 333 g/mol. The molecule has 0 amide bonds. The van der Waals surface area contributed by atoms with Crippen molar-refractivity contribution in [1.29, 1.82) is 0 Å². The van der Waals surface area contributed by atoms with Crippen molar-refractivity contribution in [2.24, 2.45) is 0 Å². The molecule has 0 spiro atoms. The molecule has 0 radical (unpaired) electrons. The van der Waals surface area contributed by atoms with E-state index in [1.807, 2.05) is 4.57 Å². The fourth-order valence-corrected chi connectivity index (χ4v) is 3.24. The molecule has 0 unspecified atom stereocenters. The number of nitrogens with zero attached hydrogens (tertiary/aromatic N) is 5. The minimum Gasteiger partial charge on any atom is -0.344 e. The normalized spacial score (nSPS) is 16.0. The van der Waals surface area contributed by atoms with E-state index in [-0.39, 0.29) is 24.8 Å². The topological polar surface area (TPSA) is 38.9 Å². The third-order valence-electron chi connectivity index (χ3n) is 4.50. The molecule has 0 atom stereocenters. The summed E-state index contributed by atoms with van der Waals surface area (Å²) in [7, 11) is 2.20. The van der Waals surface area contributed by atoms with Crippen molar-refractivity contribution in [3.05, 3.63) is 43.1 Å². The summed E-state index contributed by atoms with van der Waals surface area (Å²) < 4.78 is 4.38. The average Bonchev–Trinajstić information content (AvgIpc) is 3.17. The number of aromatic nitrogens is 4. The summed E-state index contributed by atoms with van der Waals surface area (Å²) in [5, 5.41) is 9.01. The second kappa shape index (κ2) is 7.34. The van der Waals surface area contributed by atoms with Crippen LogP contribution in [-0.4, -0.2) is 44.4 Å². The van der Waals surface area contributed by atoms with Gasteiger partial charge in [-0.05, 0) is 57.2 Å². The maximum atomic E-state index is 3.87. The summed E-state index contributed by atoms with van der Waals surface area (Å²) in [6, 6.07) is 9.38. The number of halogens is 2. The van der Waals surface area contributed by atoms with Crippen molar-refractivity contribution < 1.29 is 0 Å². The Hall–Kier alpha value is -1.56. The van der Waals surface area contributed by atoms with Gasteiger partial charge in [0.15, 0.2) is 0 Å². The van der Waals surface area contributed by atoms with Crippen LogP contribution in [0.25, 0.3) is 16.6 Å². The zero-order chi connectivity index (χ0) is 14.2. The van der Waals surface area contributed by atoms with E-state index in [2.05, 4.69) is 57.2 Å². The zero-order valence-electron chi connectivity index (χ0n) is 13.0. The van der Waals surface area contributed by atoms with E-state index in [1.165, 1.54) is 36.8 Å². The van der Waals surface area contributed by atoms with Crippen LogP contribution in [0.2, 0.25) is 0 Å². The van der Waals surface area contributed by atoms with Gasteiger partial charge < -0.3 is 9.47 Å². The molecule has 1 fully saturated rings. The van der Waals surface area contributed by atoms with Crippen molar-refractivity contribution >= 4 is 35.7 Å². The molecule has 4 rings (SSSR count). The molecule has 0 bridgehead atoms. The fraction of sp³-hybridized carbons (Fsp3) is 0.375. The second-order valence-corrected chi connectivity index (χ2v) is 5.87. The van der Waals surface area contributed by atoms with E-state index in [9.17, 15) is 0 Å². The minimum absolute atomic E-state index is 0. The summed E-state index contributed by atoms with van der Waals surface area (Å²) in [5.41, 5.74) is 2.43. The van der Waals surface area contributed by atoms with Crippen molar-refractivity contribution in [2.45, 2.75) is 18.9 Å². The van der Waals surface area contributed by atoms with Gasteiger partial charge >= 0.3 is 0 Å². The predicted octanol–water partition coefficient (Wildman–Crippen LogP) is 3.33. The Morgan fingerprint density at radius 2 is 1.70 bits per heavy atom. The molecule has 7 heteroatoms. The van der Waals surface area contributed by atoms with Crippen molar-refractivity contribution in [1.82, 2.24) is 24.2 Å². The monoisotopic (exact) mass is 353 g/mol. The Labute approximate surface area is 148 Å². The SMILES string of the molecule is CN1CCC(n2ccc3cc(-n4cnnc4)ccc32)CC1.Cl.Cl. The van der Waals surface area contributed by atoms with E-state index in [4.69, 9.17) is 0 Å². The van der Waals surface area contributed by atoms with Gasteiger partial charge in [-0.15, -0.1) is 35.0 Å². The summed E-state index contributed by atoms with van der Waals surface area (Å²) >= 11 is 0. The van der Waals surface area contributed by atoms with E-state index >= 15 is 0 Å². The smallest absolute Gasteiger partial charge is 0.123 e. The van der Waals surface area contributed by atoms with E-state index in [0.29, 0.717) is 6.04 Å². The maximum Gasteiger partial charge on any atom is 0.123 e. The van der Waals surface area contributed by atoms with Crippen molar-refractivity contribution in [2.75, 3.05) is 20.1 Å². The standard InChI is InChI=1S/C16H19N5.2ClH/c1-19-7-5-14(6-8-19)21-9-4-13-10-15(2-3-16(13)21)20-11-17-18-12-20;;/h2-4,9-12,14H,5-8H2,1H3;2*1H. The molecule has 1 saturated heterocycles. The third-order valence-corrected chi connectivity index (χ3v) is 4.50. The lowest BCUT2D eigenvalue weighted by Gasteiger charge is -2.30. The molecular formula is C16H21Cl2N5.